The van der Waals surface area contributed by atoms with Crippen LogP contribution in [0.2, 0.25) is 0 Å². The number of fused-ring (bicyclic) bond motifs is 1. The highest BCUT2D eigenvalue weighted by molar-refractivity contribution is 6.03. The van der Waals surface area contributed by atoms with Gasteiger partial charge in [-0.15, -0.1) is 0 Å². The lowest BCUT2D eigenvalue weighted by Crippen LogP contribution is -2.01. The summed E-state index contributed by atoms with van der Waals surface area (Å²) >= 11 is 0. The summed E-state index contributed by atoms with van der Waals surface area (Å²) in [6.45, 7) is 1.98. The summed E-state index contributed by atoms with van der Waals surface area (Å²) in [6.07, 6.45) is 0. The molecule has 128 valence electrons. The SMILES string of the molecule is COC(=O)c1n[nH]c2ccc(-c3ccccc3-c3cccc(C)n3)cc12. The minimum Gasteiger partial charge on any atom is -0.464 e. The topological polar surface area (TPSA) is 67.9 Å². The number of carbonyl (C=O) groups excluding carboxylic acids is 1. The van der Waals surface area contributed by atoms with Crippen LogP contribution < -0.4 is 0 Å². The fraction of sp³-hybridized carbons (Fsp3) is 0.0952. The van der Waals surface area contributed by atoms with Crippen molar-refractivity contribution in [2.45, 2.75) is 6.92 Å². The van der Waals surface area contributed by atoms with Gasteiger partial charge in [0.1, 0.15) is 0 Å². The molecule has 0 aliphatic carbocycles. The molecule has 0 fully saturated rings. The molecule has 0 amide bonds. The van der Waals surface area contributed by atoms with Gasteiger partial charge in [-0.05, 0) is 42.3 Å². The predicted molar refractivity (Wildman–Crippen MR) is 101 cm³/mol. The van der Waals surface area contributed by atoms with Gasteiger partial charge in [-0.2, -0.15) is 5.10 Å². The number of rotatable bonds is 3. The average molecular weight is 343 g/mol. The van der Waals surface area contributed by atoms with Crippen LogP contribution in [-0.2, 0) is 4.74 Å². The molecule has 0 radical (unpaired) electrons. The zero-order valence-electron chi connectivity index (χ0n) is 14.5. The Morgan fingerprint density at radius 3 is 2.58 bits per heavy atom. The van der Waals surface area contributed by atoms with Gasteiger partial charge in [0.25, 0.3) is 0 Å². The highest BCUT2D eigenvalue weighted by Gasteiger charge is 2.16. The zero-order valence-corrected chi connectivity index (χ0v) is 14.5. The summed E-state index contributed by atoms with van der Waals surface area (Å²) in [5.74, 6) is -0.456. The Balaban J connectivity index is 1.90. The number of hydrogen-bond acceptors (Lipinski definition) is 4. The number of esters is 1. The molecule has 2 aromatic carbocycles. The molecule has 2 aromatic heterocycles. The Morgan fingerprint density at radius 1 is 1.00 bits per heavy atom. The van der Waals surface area contributed by atoms with Crippen LogP contribution in [0.1, 0.15) is 16.2 Å². The smallest absolute Gasteiger partial charge is 0.359 e. The molecule has 0 aliphatic rings. The number of benzene rings is 2. The number of aromatic nitrogens is 3. The second-order valence-corrected chi connectivity index (χ2v) is 6.03. The van der Waals surface area contributed by atoms with Crippen molar-refractivity contribution in [3.05, 3.63) is 72.1 Å². The van der Waals surface area contributed by atoms with Gasteiger partial charge in [0.2, 0.25) is 0 Å². The van der Waals surface area contributed by atoms with Gasteiger partial charge < -0.3 is 4.74 Å². The van der Waals surface area contributed by atoms with Gasteiger partial charge in [0.15, 0.2) is 5.69 Å². The summed E-state index contributed by atoms with van der Waals surface area (Å²) in [4.78, 5) is 16.6. The van der Waals surface area contributed by atoms with E-state index in [1.165, 1.54) is 7.11 Å². The van der Waals surface area contributed by atoms with E-state index >= 15 is 0 Å². The third-order valence-electron chi connectivity index (χ3n) is 4.34. The lowest BCUT2D eigenvalue weighted by molar-refractivity contribution is 0.0596. The molecular formula is C21H17N3O2. The maximum atomic E-state index is 11.9. The van der Waals surface area contributed by atoms with E-state index in [2.05, 4.69) is 27.3 Å². The zero-order chi connectivity index (χ0) is 18.1. The molecule has 0 atom stereocenters. The molecule has 0 saturated carbocycles. The van der Waals surface area contributed by atoms with E-state index in [-0.39, 0.29) is 5.69 Å². The third-order valence-corrected chi connectivity index (χ3v) is 4.34. The fourth-order valence-electron chi connectivity index (χ4n) is 3.09. The van der Waals surface area contributed by atoms with Crippen LogP contribution in [0.15, 0.2) is 60.7 Å². The molecule has 0 saturated heterocycles. The van der Waals surface area contributed by atoms with Crippen LogP contribution >= 0.6 is 0 Å². The minimum atomic E-state index is -0.456. The third kappa shape index (κ3) is 2.73. The molecule has 5 heteroatoms. The van der Waals surface area contributed by atoms with E-state index in [0.29, 0.717) is 0 Å². The highest BCUT2D eigenvalue weighted by atomic mass is 16.5. The molecular weight excluding hydrogens is 326 g/mol. The van der Waals surface area contributed by atoms with Crippen molar-refractivity contribution in [2.75, 3.05) is 7.11 Å². The predicted octanol–water partition coefficient (Wildman–Crippen LogP) is 4.39. The first-order valence-electron chi connectivity index (χ1n) is 8.27. The first-order valence-corrected chi connectivity index (χ1v) is 8.27. The van der Waals surface area contributed by atoms with E-state index in [0.717, 1.165) is 39.0 Å². The second-order valence-electron chi connectivity index (χ2n) is 6.03. The van der Waals surface area contributed by atoms with Crippen LogP contribution in [0.25, 0.3) is 33.3 Å². The number of nitrogens with one attached hydrogen (secondary N) is 1. The van der Waals surface area contributed by atoms with Crippen LogP contribution in [0, 0.1) is 6.92 Å². The van der Waals surface area contributed by atoms with Gasteiger partial charge in [0.05, 0.1) is 18.3 Å². The van der Waals surface area contributed by atoms with Crippen molar-refractivity contribution in [1.82, 2.24) is 15.2 Å². The summed E-state index contributed by atoms with van der Waals surface area (Å²) in [7, 11) is 1.35. The number of nitrogens with zero attached hydrogens (tertiary/aromatic N) is 2. The number of hydrogen-bond donors (Lipinski definition) is 1. The first kappa shape index (κ1) is 16.0. The molecule has 4 rings (SSSR count). The van der Waals surface area contributed by atoms with Crippen molar-refractivity contribution >= 4 is 16.9 Å². The molecule has 5 nitrogen and oxygen atoms in total. The van der Waals surface area contributed by atoms with Crippen molar-refractivity contribution < 1.29 is 9.53 Å². The standard InChI is InChI=1S/C21H17N3O2/c1-13-6-5-9-18(22-13)16-8-4-3-7-15(16)14-10-11-19-17(12-14)20(24-23-19)21(25)26-2/h3-12H,1-2H3,(H,23,24). The molecule has 1 N–H and O–H groups in total. The van der Waals surface area contributed by atoms with Gasteiger partial charge in [-0.3, -0.25) is 10.1 Å². The second kappa shape index (κ2) is 6.44. The van der Waals surface area contributed by atoms with Crippen LogP contribution in [-0.4, -0.2) is 28.3 Å². The number of pyridine rings is 1. The van der Waals surface area contributed by atoms with E-state index in [1.54, 1.807) is 0 Å². The number of aromatic amines is 1. The molecule has 0 unspecified atom stereocenters. The largest absolute Gasteiger partial charge is 0.464 e. The van der Waals surface area contributed by atoms with Gasteiger partial charge in [-0.25, -0.2) is 4.79 Å². The summed E-state index contributed by atoms with van der Waals surface area (Å²) in [5.41, 5.74) is 6.04. The molecule has 4 aromatic rings. The summed E-state index contributed by atoms with van der Waals surface area (Å²) in [6, 6.07) is 20.0. The minimum absolute atomic E-state index is 0.288. The van der Waals surface area contributed by atoms with Gasteiger partial charge >= 0.3 is 5.97 Å². The highest BCUT2D eigenvalue weighted by Crippen LogP contribution is 2.33. The number of aryl methyl sites for hydroxylation is 1. The van der Waals surface area contributed by atoms with Crippen LogP contribution in [0.3, 0.4) is 0 Å². The van der Waals surface area contributed by atoms with Crippen LogP contribution in [0.5, 0.6) is 0 Å². The van der Waals surface area contributed by atoms with Crippen molar-refractivity contribution in [1.29, 1.82) is 0 Å². The van der Waals surface area contributed by atoms with Crippen molar-refractivity contribution in [3.63, 3.8) is 0 Å². The Labute approximate surface area is 150 Å². The Hall–Kier alpha value is -3.47. The number of carbonyl (C=O) groups is 1. The molecule has 0 spiro atoms. The number of methoxy groups -OCH3 is 1. The Kier molecular flexibility index (Phi) is 3.97. The summed E-state index contributed by atoms with van der Waals surface area (Å²) in [5, 5.41) is 7.69. The maximum Gasteiger partial charge on any atom is 0.359 e. The summed E-state index contributed by atoms with van der Waals surface area (Å²) < 4.78 is 4.82. The Bertz CT molecular complexity index is 1120. The normalized spacial score (nSPS) is 10.8. The average Bonchev–Trinajstić information content (AvgIpc) is 3.10. The maximum absolute atomic E-state index is 11.9. The molecule has 26 heavy (non-hydrogen) atoms. The quantitative estimate of drug-likeness (QED) is 0.560. The fourth-order valence-corrected chi connectivity index (χ4v) is 3.09. The van der Waals surface area contributed by atoms with E-state index in [9.17, 15) is 4.79 Å². The number of ether oxygens (including phenoxy) is 1. The molecule has 0 aliphatic heterocycles. The molecule has 0 bridgehead atoms. The van der Waals surface area contributed by atoms with E-state index < -0.39 is 5.97 Å². The number of H-pyrrole nitrogens is 1. The Morgan fingerprint density at radius 2 is 1.81 bits per heavy atom. The van der Waals surface area contributed by atoms with Crippen molar-refractivity contribution in [2.24, 2.45) is 0 Å². The lowest BCUT2D eigenvalue weighted by Gasteiger charge is -2.10. The molecule has 2 heterocycles. The van der Waals surface area contributed by atoms with Gasteiger partial charge in [0, 0.05) is 16.6 Å². The monoisotopic (exact) mass is 343 g/mol. The lowest BCUT2D eigenvalue weighted by atomic mass is 9.96. The van der Waals surface area contributed by atoms with Crippen LogP contribution in [0.4, 0.5) is 0 Å². The van der Waals surface area contributed by atoms with Crippen molar-refractivity contribution in [3.8, 4) is 22.4 Å². The van der Waals surface area contributed by atoms with Gasteiger partial charge in [-0.1, -0.05) is 36.4 Å². The first-order chi connectivity index (χ1) is 12.7. The van der Waals surface area contributed by atoms with E-state index in [4.69, 9.17) is 4.74 Å². The van der Waals surface area contributed by atoms with E-state index in [1.807, 2.05) is 55.5 Å².